The van der Waals surface area contributed by atoms with Crippen molar-refractivity contribution in [2.24, 2.45) is 4.99 Å². The average Bonchev–Trinajstić information content (AvgIpc) is 2.29. The van der Waals surface area contributed by atoms with Gasteiger partial charge in [0, 0.05) is 12.1 Å². The third-order valence-corrected chi connectivity index (χ3v) is 2.80. The van der Waals surface area contributed by atoms with E-state index >= 15 is 0 Å². The summed E-state index contributed by atoms with van der Waals surface area (Å²) in [7, 11) is 0. The highest BCUT2D eigenvalue weighted by molar-refractivity contribution is 5.88. The number of allylic oxidation sites excluding steroid dienone is 4. The summed E-state index contributed by atoms with van der Waals surface area (Å²) in [4.78, 5) is 4.45. The van der Waals surface area contributed by atoms with E-state index in [-0.39, 0.29) is 0 Å². The lowest BCUT2D eigenvalue weighted by molar-refractivity contribution is 0.988. The topological polar surface area (TPSA) is 12.4 Å². The van der Waals surface area contributed by atoms with Crippen LogP contribution in [0.4, 0.5) is 5.69 Å². The molecule has 0 bridgehead atoms. The normalized spacial score (nSPS) is 22.6. The molecular weight excluding hydrogens is 170 g/mol. The summed E-state index contributed by atoms with van der Waals surface area (Å²) in [6, 6.07) is 8.36. The Morgan fingerprint density at radius 2 is 2.14 bits per heavy atom. The van der Waals surface area contributed by atoms with Crippen LogP contribution < -0.4 is 0 Å². The van der Waals surface area contributed by atoms with Gasteiger partial charge >= 0.3 is 0 Å². The number of aliphatic imine (C=N–C) groups is 1. The summed E-state index contributed by atoms with van der Waals surface area (Å²) >= 11 is 0. The lowest BCUT2D eigenvalue weighted by Gasteiger charge is -2.22. The molecule has 1 heteroatoms. The van der Waals surface area contributed by atoms with E-state index in [0.29, 0.717) is 5.92 Å². The van der Waals surface area contributed by atoms with Crippen molar-refractivity contribution in [1.82, 2.24) is 0 Å². The van der Waals surface area contributed by atoms with Gasteiger partial charge < -0.3 is 0 Å². The second kappa shape index (κ2) is 2.95. The molecule has 0 aromatic heterocycles. The van der Waals surface area contributed by atoms with Gasteiger partial charge in [-0.25, -0.2) is 0 Å². The SMILES string of the molecule is C1=CC2C(=CC1)C=Nc1ccccc12. The highest BCUT2D eigenvalue weighted by Crippen LogP contribution is 2.37. The summed E-state index contributed by atoms with van der Waals surface area (Å²) in [5.41, 5.74) is 3.78. The standard InChI is InChI=1S/C13H11N/c1-2-6-11-10(5-1)9-14-13-8-4-3-7-12(11)13/h2-9,11H,1H2. The molecule has 1 aliphatic carbocycles. The van der Waals surface area contributed by atoms with Gasteiger partial charge in [0.25, 0.3) is 0 Å². The first-order valence-corrected chi connectivity index (χ1v) is 4.95. The maximum Gasteiger partial charge on any atom is 0.0671 e. The fourth-order valence-electron chi connectivity index (χ4n) is 2.09. The quantitative estimate of drug-likeness (QED) is 0.544. The van der Waals surface area contributed by atoms with Crippen LogP contribution in [0.1, 0.15) is 17.9 Å². The van der Waals surface area contributed by atoms with Crippen LogP contribution in [0.15, 0.2) is 53.1 Å². The number of hydrogen-bond donors (Lipinski definition) is 0. The number of hydrogen-bond acceptors (Lipinski definition) is 1. The van der Waals surface area contributed by atoms with E-state index in [1.807, 2.05) is 12.3 Å². The van der Waals surface area contributed by atoms with E-state index in [9.17, 15) is 0 Å². The summed E-state index contributed by atoms with van der Waals surface area (Å²) in [6.07, 6.45) is 9.80. The van der Waals surface area contributed by atoms with Gasteiger partial charge in [0.2, 0.25) is 0 Å². The van der Waals surface area contributed by atoms with Crippen molar-refractivity contribution < 1.29 is 0 Å². The molecule has 14 heavy (non-hydrogen) atoms. The van der Waals surface area contributed by atoms with Gasteiger partial charge in [0.15, 0.2) is 0 Å². The Kier molecular flexibility index (Phi) is 1.63. The first-order valence-electron chi connectivity index (χ1n) is 4.95. The highest BCUT2D eigenvalue weighted by atomic mass is 14.7. The molecule has 0 saturated heterocycles. The fraction of sp³-hybridized carbons (Fsp3) is 0.154. The first-order chi connectivity index (χ1) is 6.95. The van der Waals surface area contributed by atoms with Crippen LogP contribution in [-0.2, 0) is 0 Å². The molecule has 0 fully saturated rings. The molecule has 3 rings (SSSR count). The predicted octanol–water partition coefficient (Wildman–Crippen LogP) is 3.37. The third-order valence-electron chi connectivity index (χ3n) is 2.80. The van der Waals surface area contributed by atoms with Crippen LogP contribution in [-0.4, -0.2) is 6.21 Å². The Hall–Kier alpha value is -1.63. The van der Waals surface area contributed by atoms with Gasteiger partial charge in [0.05, 0.1) is 5.69 Å². The Balaban J connectivity index is 2.19. The minimum atomic E-state index is 0.442. The van der Waals surface area contributed by atoms with E-state index in [1.165, 1.54) is 11.1 Å². The van der Waals surface area contributed by atoms with Crippen molar-refractivity contribution in [3.05, 3.63) is 53.6 Å². The number of fused-ring (bicyclic) bond motifs is 3. The van der Waals surface area contributed by atoms with Gasteiger partial charge in [-0.1, -0.05) is 36.4 Å². The van der Waals surface area contributed by atoms with Crippen LogP contribution in [0.3, 0.4) is 0 Å². The molecule has 0 saturated carbocycles. The zero-order valence-corrected chi connectivity index (χ0v) is 7.85. The molecule has 1 nitrogen and oxygen atoms in total. The Bertz CT molecular complexity index is 452. The van der Waals surface area contributed by atoms with E-state index in [2.05, 4.69) is 41.4 Å². The number of nitrogens with zero attached hydrogens (tertiary/aromatic N) is 1. The van der Waals surface area contributed by atoms with Gasteiger partial charge in [-0.3, -0.25) is 4.99 Å². The molecular formula is C13H11N. The molecule has 1 atom stereocenters. The van der Waals surface area contributed by atoms with E-state index in [4.69, 9.17) is 0 Å². The second-order valence-corrected chi connectivity index (χ2v) is 3.66. The molecule has 0 radical (unpaired) electrons. The highest BCUT2D eigenvalue weighted by Gasteiger charge is 2.20. The predicted molar refractivity (Wildman–Crippen MR) is 59.2 cm³/mol. The molecule has 0 amide bonds. The Morgan fingerprint density at radius 3 is 3.14 bits per heavy atom. The summed E-state index contributed by atoms with van der Waals surface area (Å²) < 4.78 is 0. The van der Waals surface area contributed by atoms with Crippen molar-refractivity contribution in [3.63, 3.8) is 0 Å². The molecule has 68 valence electrons. The molecule has 0 spiro atoms. The molecule has 1 aromatic carbocycles. The van der Waals surface area contributed by atoms with Crippen LogP contribution in [0.25, 0.3) is 0 Å². The van der Waals surface area contributed by atoms with E-state index in [0.717, 1.165) is 12.1 Å². The zero-order chi connectivity index (χ0) is 9.38. The molecule has 2 aliphatic rings. The molecule has 1 aliphatic heterocycles. The second-order valence-electron chi connectivity index (χ2n) is 3.66. The fourth-order valence-corrected chi connectivity index (χ4v) is 2.09. The Labute approximate surface area is 83.5 Å². The van der Waals surface area contributed by atoms with Gasteiger partial charge in [-0.05, 0) is 23.6 Å². The first kappa shape index (κ1) is 7.74. The smallest absolute Gasteiger partial charge is 0.0671 e. The van der Waals surface area contributed by atoms with E-state index < -0.39 is 0 Å². The van der Waals surface area contributed by atoms with Crippen LogP contribution in [0, 0.1) is 0 Å². The van der Waals surface area contributed by atoms with Crippen LogP contribution >= 0.6 is 0 Å². The van der Waals surface area contributed by atoms with Crippen molar-refractivity contribution in [1.29, 1.82) is 0 Å². The van der Waals surface area contributed by atoms with Crippen molar-refractivity contribution >= 4 is 11.9 Å². The lowest BCUT2D eigenvalue weighted by Crippen LogP contribution is -2.07. The van der Waals surface area contributed by atoms with Gasteiger partial charge in [0.1, 0.15) is 0 Å². The minimum Gasteiger partial charge on any atom is -0.256 e. The molecule has 1 aromatic rings. The monoisotopic (exact) mass is 181 g/mol. The van der Waals surface area contributed by atoms with E-state index in [1.54, 1.807) is 0 Å². The summed E-state index contributed by atoms with van der Waals surface area (Å²) in [6.45, 7) is 0. The molecule has 1 heterocycles. The van der Waals surface area contributed by atoms with Crippen LogP contribution in [0.5, 0.6) is 0 Å². The molecule has 0 N–H and O–H groups in total. The number of benzene rings is 1. The lowest BCUT2D eigenvalue weighted by atomic mass is 9.85. The summed E-state index contributed by atoms with van der Waals surface area (Å²) in [5.74, 6) is 0.442. The average molecular weight is 181 g/mol. The zero-order valence-electron chi connectivity index (χ0n) is 7.85. The minimum absolute atomic E-state index is 0.442. The number of rotatable bonds is 0. The van der Waals surface area contributed by atoms with Crippen molar-refractivity contribution in [2.45, 2.75) is 12.3 Å². The Morgan fingerprint density at radius 1 is 1.21 bits per heavy atom. The largest absolute Gasteiger partial charge is 0.256 e. The van der Waals surface area contributed by atoms with Crippen molar-refractivity contribution in [2.75, 3.05) is 0 Å². The molecule has 1 unspecified atom stereocenters. The maximum atomic E-state index is 4.45. The third kappa shape index (κ3) is 1.06. The maximum absolute atomic E-state index is 4.45. The summed E-state index contributed by atoms with van der Waals surface area (Å²) in [5, 5.41) is 0. The van der Waals surface area contributed by atoms with Crippen molar-refractivity contribution in [3.8, 4) is 0 Å². The van der Waals surface area contributed by atoms with Gasteiger partial charge in [-0.15, -0.1) is 0 Å². The van der Waals surface area contributed by atoms with Crippen LogP contribution in [0.2, 0.25) is 0 Å². The number of para-hydroxylation sites is 1. The van der Waals surface area contributed by atoms with Gasteiger partial charge in [-0.2, -0.15) is 0 Å².